The Kier molecular flexibility index (Phi) is 2.44. The Morgan fingerprint density at radius 3 is 2.79 bits per heavy atom. The van der Waals surface area contributed by atoms with E-state index in [1.54, 1.807) is 24.5 Å². The molecule has 0 bridgehead atoms. The lowest BCUT2D eigenvalue weighted by atomic mass is 9.64. The SMILES string of the molecule is CC1(C)C(O)CC1n1cnc2cc(C(=O)O)ccc21. The number of rotatable bonds is 2. The van der Waals surface area contributed by atoms with E-state index in [0.717, 1.165) is 5.52 Å². The molecule has 0 amide bonds. The predicted octanol–water partition coefficient (Wildman–Crippen LogP) is 2.07. The van der Waals surface area contributed by atoms with E-state index in [4.69, 9.17) is 5.11 Å². The van der Waals surface area contributed by atoms with Crippen LogP contribution in [0.4, 0.5) is 0 Å². The van der Waals surface area contributed by atoms with Crippen LogP contribution in [0.2, 0.25) is 0 Å². The first kappa shape index (κ1) is 12.2. The molecule has 1 aromatic carbocycles. The monoisotopic (exact) mass is 260 g/mol. The highest BCUT2D eigenvalue weighted by molar-refractivity contribution is 5.92. The van der Waals surface area contributed by atoms with E-state index in [-0.39, 0.29) is 23.1 Å². The Bertz CT molecular complexity index is 660. The molecule has 1 fully saturated rings. The summed E-state index contributed by atoms with van der Waals surface area (Å²) in [5.74, 6) is -0.948. The number of fused-ring (bicyclic) bond motifs is 1. The van der Waals surface area contributed by atoms with Crippen LogP contribution in [0.3, 0.4) is 0 Å². The number of aromatic carboxylic acids is 1. The van der Waals surface area contributed by atoms with Gasteiger partial charge in [-0.25, -0.2) is 9.78 Å². The molecule has 0 aliphatic heterocycles. The fraction of sp³-hybridized carbons (Fsp3) is 0.429. The summed E-state index contributed by atoms with van der Waals surface area (Å²) in [5.41, 5.74) is 1.65. The van der Waals surface area contributed by atoms with Gasteiger partial charge in [0.15, 0.2) is 0 Å². The van der Waals surface area contributed by atoms with E-state index < -0.39 is 5.97 Å². The molecule has 0 saturated heterocycles. The fourth-order valence-electron chi connectivity index (χ4n) is 2.77. The highest BCUT2D eigenvalue weighted by Gasteiger charge is 2.48. The molecule has 1 aliphatic carbocycles. The van der Waals surface area contributed by atoms with E-state index in [9.17, 15) is 9.90 Å². The minimum Gasteiger partial charge on any atom is -0.478 e. The molecule has 2 aromatic rings. The number of hydrogen-bond donors (Lipinski definition) is 2. The van der Waals surface area contributed by atoms with Crippen LogP contribution in [-0.4, -0.2) is 31.8 Å². The Hall–Kier alpha value is -1.88. The first-order valence-electron chi connectivity index (χ1n) is 6.29. The quantitative estimate of drug-likeness (QED) is 0.866. The van der Waals surface area contributed by atoms with Crippen LogP contribution in [0.25, 0.3) is 11.0 Å². The van der Waals surface area contributed by atoms with Gasteiger partial charge in [-0.15, -0.1) is 0 Å². The molecule has 5 nitrogen and oxygen atoms in total. The van der Waals surface area contributed by atoms with Crippen molar-refractivity contribution >= 4 is 17.0 Å². The highest BCUT2D eigenvalue weighted by Crippen LogP contribution is 2.50. The lowest BCUT2D eigenvalue weighted by Crippen LogP contribution is -2.49. The van der Waals surface area contributed by atoms with Crippen LogP contribution in [0.1, 0.15) is 36.7 Å². The van der Waals surface area contributed by atoms with Gasteiger partial charge >= 0.3 is 5.97 Å². The summed E-state index contributed by atoms with van der Waals surface area (Å²) in [5, 5.41) is 18.8. The number of imidazole rings is 1. The number of hydrogen-bond acceptors (Lipinski definition) is 3. The Labute approximate surface area is 110 Å². The Morgan fingerprint density at radius 2 is 2.21 bits per heavy atom. The number of aliphatic hydroxyl groups is 1. The lowest BCUT2D eigenvalue weighted by molar-refractivity contribution is -0.0878. The van der Waals surface area contributed by atoms with Crippen LogP contribution >= 0.6 is 0 Å². The standard InChI is InChI=1S/C14H16N2O3/c1-14(2)11(6-12(14)17)16-7-15-9-5-8(13(18)19)3-4-10(9)16/h3-5,7,11-12,17H,6H2,1-2H3,(H,18,19). The molecule has 19 heavy (non-hydrogen) atoms. The molecule has 2 unspecified atom stereocenters. The van der Waals surface area contributed by atoms with Crippen LogP contribution in [-0.2, 0) is 0 Å². The lowest BCUT2D eigenvalue weighted by Gasteiger charge is -2.49. The van der Waals surface area contributed by atoms with Crippen molar-refractivity contribution in [3.05, 3.63) is 30.1 Å². The summed E-state index contributed by atoms with van der Waals surface area (Å²) in [6, 6.07) is 5.15. The first-order chi connectivity index (χ1) is 8.91. The van der Waals surface area contributed by atoms with Crippen molar-refractivity contribution in [2.24, 2.45) is 5.41 Å². The zero-order valence-corrected chi connectivity index (χ0v) is 10.9. The maximum Gasteiger partial charge on any atom is 0.335 e. The zero-order chi connectivity index (χ0) is 13.8. The van der Waals surface area contributed by atoms with Crippen molar-refractivity contribution in [3.63, 3.8) is 0 Å². The van der Waals surface area contributed by atoms with Crippen molar-refractivity contribution < 1.29 is 15.0 Å². The van der Waals surface area contributed by atoms with Crippen molar-refractivity contribution in [2.45, 2.75) is 32.4 Å². The predicted molar refractivity (Wildman–Crippen MR) is 70.1 cm³/mol. The second-order valence-corrected chi connectivity index (χ2v) is 5.75. The fourth-order valence-corrected chi connectivity index (χ4v) is 2.77. The van der Waals surface area contributed by atoms with Gasteiger partial charge in [0.25, 0.3) is 0 Å². The van der Waals surface area contributed by atoms with Crippen LogP contribution < -0.4 is 0 Å². The smallest absolute Gasteiger partial charge is 0.335 e. The third-order valence-electron chi connectivity index (χ3n) is 4.32. The van der Waals surface area contributed by atoms with Gasteiger partial charge in [0, 0.05) is 11.5 Å². The average molecular weight is 260 g/mol. The number of nitrogens with zero attached hydrogens (tertiary/aromatic N) is 2. The van der Waals surface area contributed by atoms with Gasteiger partial charge < -0.3 is 14.8 Å². The number of carboxylic acid groups (broad SMARTS) is 1. The van der Waals surface area contributed by atoms with Gasteiger partial charge in [-0.2, -0.15) is 0 Å². The molecule has 100 valence electrons. The molecule has 1 saturated carbocycles. The van der Waals surface area contributed by atoms with E-state index in [2.05, 4.69) is 4.98 Å². The molecule has 5 heteroatoms. The molecule has 3 rings (SSSR count). The number of aromatic nitrogens is 2. The van der Waals surface area contributed by atoms with Crippen molar-refractivity contribution in [3.8, 4) is 0 Å². The second-order valence-electron chi connectivity index (χ2n) is 5.75. The molecule has 1 aromatic heterocycles. The van der Waals surface area contributed by atoms with Gasteiger partial charge in [-0.3, -0.25) is 0 Å². The number of aliphatic hydroxyl groups excluding tert-OH is 1. The Morgan fingerprint density at radius 1 is 1.47 bits per heavy atom. The summed E-state index contributed by atoms with van der Waals surface area (Å²) < 4.78 is 2.04. The molecular formula is C14H16N2O3. The average Bonchev–Trinajstić information content (AvgIpc) is 2.78. The van der Waals surface area contributed by atoms with Crippen LogP contribution in [0.15, 0.2) is 24.5 Å². The third kappa shape index (κ3) is 1.65. The third-order valence-corrected chi connectivity index (χ3v) is 4.32. The van der Waals surface area contributed by atoms with E-state index >= 15 is 0 Å². The van der Waals surface area contributed by atoms with Crippen molar-refractivity contribution in [2.75, 3.05) is 0 Å². The second kappa shape index (κ2) is 3.81. The van der Waals surface area contributed by atoms with E-state index in [1.807, 2.05) is 18.4 Å². The topological polar surface area (TPSA) is 75.3 Å². The summed E-state index contributed by atoms with van der Waals surface area (Å²) in [6.45, 7) is 4.06. The Balaban J connectivity index is 2.05. The van der Waals surface area contributed by atoms with Gasteiger partial charge in [0.05, 0.1) is 29.0 Å². The molecule has 0 radical (unpaired) electrons. The molecular weight excluding hydrogens is 244 g/mol. The minimum atomic E-state index is -0.948. The van der Waals surface area contributed by atoms with E-state index in [0.29, 0.717) is 11.9 Å². The minimum absolute atomic E-state index is 0.181. The summed E-state index contributed by atoms with van der Waals surface area (Å²) >= 11 is 0. The van der Waals surface area contributed by atoms with Crippen molar-refractivity contribution in [1.29, 1.82) is 0 Å². The van der Waals surface area contributed by atoms with Crippen LogP contribution in [0, 0.1) is 5.41 Å². The van der Waals surface area contributed by atoms with Gasteiger partial charge in [0.2, 0.25) is 0 Å². The first-order valence-corrected chi connectivity index (χ1v) is 6.29. The largest absolute Gasteiger partial charge is 0.478 e. The normalized spacial score (nSPS) is 25.2. The maximum atomic E-state index is 10.9. The van der Waals surface area contributed by atoms with E-state index in [1.165, 1.54) is 0 Å². The number of carboxylic acids is 1. The number of benzene rings is 1. The highest BCUT2D eigenvalue weighted by atomic mass is 16.4. The van der Waals surface area contributed by atoms with Gasteiger partial charge in [-0.05, 0) is 24.6 Å². The molecule has 2 atom stereocenters. The maximum absolute atomic E-state index is 10.9. The van der Waals surface area contributed by atoms with Gasteiger partial charge in [0.1, 0.15) is 0 Å². The molecule has 0 spiro atoms. The zero-order valence-electron chi connectivity index (χ0n) is 10.9. The summed E-state index contributed by atoms with van der Waals surface area (Å²) in [6.07, 6.45) is 2.14. The molecule has 1 heterocycles. The molecule has 2 N–H and O–H groups in total. The van der Waals surface area contributed by atoms with Crippen molar-refractivity contribution in [1.82, 2.24) is 9.55 Å². The summed E-state index contributed by atoms with van der Waals surface area (Å²) in [7, 11) is 0. The van der Waals surface area contributed by atoms with Gasteiger partial charge in [-0.1, -0.05) is 13.8 Å². The number of carbonyl (C=O) groups is 1. The summed E-state index contributed by atoms with van der Waals surface area (Å²) in [4.78, 5) is 15.2. The van der Waals surface area contributed by atoms with Crippen LogP contribution in [0.5, 0.6) is 0 Å². The molecule has 1 aliphatic rings.